The van der Waals surface area contributed by atoms with Crippen molar-refractivity contribution in [2.45, 2.75) is 64.5 Å². The van der Waals surface area contributed by atoms with Crippen molar-refractivity contribution in [2.75, 3.05) is 28.3 Å². The number of rotatable bonds is 8. The number of hydrogen-bond donors (Lipinski definition) is 2. The lowest BCUT2D eigenvalue weighted by atomic mass is 9.96. The van der Waals surface area contributed by atoms with Crippen LogP contribution in [0.2, 0.25) is 5.02 Å². The van der Waals surface area contributed by atoms with Crippen LogP contribution in [-0.2, 0) is 6.54 Å². The average molecular weight is 542 g/mol. The highest BCUT2D eigenvalue weighted by molar-refractivity contribution is 6.30. The van der Waals surface area contributed by atoms with E-state index in [1.807, 2.05) is 12.1 Å². The molecule has 2 N–H and O–H groups in total. The second-order valence-electron chi connectivity index (χ2n) is 10.6. The first-order chi connectivity index (χ1) is 19.0. The van der Waals surface area contributed by atoms with Gasteiger partial charge in [-0.3, -0.25) is 0 Å². The van der Waals surface area contributed by atoms with Crippen molar-refractivity contribution in [3.05, 3.63) is 76.8 Å². The number of urea groups is 1. The number of nitrogens with one attached hydrogen (secondary N) is 2. The molecule has 0 saturated heterocycles. The maximum Gasteiger partial charge on any atom is 0.319 e. The zero-order valence-corrected chi connectivity index (χ0v) is 23.3. The van der Waals surface area contributed by atoms with E-state index < -0.39 is 0 Å². The Bertz CT molecular complexity index is 1340. The summed E-state index contributed by atoms with van der Waals surface area (Å²) in [5.41, 5.74) is 6.75. The molecule has 1 saturated carbocycles. The summed E-state index contributed by atoms with van der Waals surface area (Å²) in [6, 6.07) is 22.3. The minimum atomic E-state index is -0.123. The molecule has 1 aliphatic heterocycles. The second kappa shape index (κ2) is 12.4. The molecule has 3 aromatic rings. The van der Waals surface area contributed by atoms with Crippen molar-refractivity contribution in [1.82, 2.24) is 5.32 Å². The van der Waals surface area contributed by atoms with Gasteiger partial charge in [0.2, 0.25) is 0 Å². The number of amides is 2. The fourth-order valence-electron chi connectivity index (χ4n) is 5.62. The van der Waals surface area contributed by atoms with Gasteiger partial charge in [-0.1, -0.05) is 68.5 Å². The Morgan fingerprint density at radius 3 is 2.54 bits per heavy atom. The third kappa shape index (κ3) is 6.49. The van der Waals surface area contributed by atoms with E-state index in [9.17, 15) is 10.1 Å². The number of nitriles is 1. The molecule has 0 unspecified atom stereocenters. The van der Waals surface area contributed by atoms with Gasteiger partial charge in [0.05, 0.1) is 29.7 Å². The molecule has 1 aliphatic carbocycles. The molecule has 202 valence electrons. The minimum Gasteiger partial charge on any atom is -0.352 e. The predicted octanol–water partition coefficient (Wildman–Crippen LogP) is 7.92. The minimum absolute atomic E-state index is 0.123. The van der Waals surface area contributed by atoms with Crippen LogP contribution in [0.3, 0.4) is 0 Å². The highest BCUT2D eigenvalue weighted by Gasteiger charge is 2.26. The van der Waals surface area contributed by atoms with Gasteiger partial charge < -0.3 is 20.4 Å². The zero-order chi connectivity index (χ0) is 27.2. The van der Waals surface area contributed by atoms with Crippen LogP contribution < -0.4 is 20.4 Å². The van der Waals surface area contributed by atoms with Gasteiger partial charge in [0.25, 0.3) is 0 Å². The standard InChI is InChI=1S/C32H36ClN5O/c1-2-3-17-37-22-38(21-23-9-11-24(12-10-23)29-18-26(33)14-13-25(29)20-34)31-19-28(15-16-30(31)37)36-32(39)35-27-7-5-4-6-8-27/h9-16,18-19,27H,2-8,17,21-22H2,1H3,(H2,35,36,39). The molecule has 5 rings (SSSR count). The van der Waals surface area contributed by atoms with Crippen LogP contribution in [0.5, 0.6) is 0 Å². The van der Waals surface area contributed by atoms with Gasteiger partial charge >= 0.3 is 6.03 Å². The fourth-order valence-corrected chi connectivity index (χ4v) is 5.79. The summed E-state index contributed by atoms with van der Waals surface area (Å²) in [6.07, 6.45) is 8.03. The summed E-state index contributed by atoms with van der Waals surface area (Å²) in [5, 5.41) is 16.4. The lowest BCUT2D eigenvalue weighted by molar-refractivity contribution is 0.244. The van der Waals surface area contributed by atoms with Crippen molar-refractivity contribution >= 4 is 34.7 Å². The molecule has 0 bridgehead atoms. The Balaban J connectivity index is 1.32. The van der Waals surface area contributed by atoms with E-state index in [2.05, 4.69) is 69.8 Å². The monoisotopic (exact) mass is 541 g/mol. The topological polar surface area (TPSA) is 71.4 Å². The molecule has 0 spiro atoms. The lowest BCUT2D eigenvalue weighted by Crippen LogP contribution is -2.39. The summed E-state index contributed by atoms with van der Waals surface area (Å²) < 4.78 is 0. The molecular formula is C32H36ClN5O. The van der Waals surface area contributed by atoms with E-state index in [4.69, 9.17) is 11.6 Å². The van der Waals surface area contributed by atoms with Crippen LogP contribution in [0.4, 0.5) is 21.9 Å². The van der Waals surface area contributed by atoms with Gasteiger partial charge in [-0.15, -0.1) is 0 Å². The van der Waals surface area contributed by atoms with Crippen LogP contribution in [0.25, 0.3) is 11.1 Å². The zero-order valence-electron chi connectivity index (χ0n) is 22.5. The van der Waals surface area contributed by atoms with E-state index in [0.29, 0.717) is 10.6 Å². The molecule has 2 amide bonds. The third-order valence-corrected chi connectivity index (χ3v) is 7.95. The Labute approximate surface area is 236 Å². The predicted molar refractivity (Wildman–Crippen MR) is 160 cm³/mol. The number of benzene rings is 3. The summed E-state index contributed by atoms with van der Waals surface area (Å²) in [5.74, 6) is 0. The molecule has 3 aromatic carbocycles. The van der Waals surface area contributed by atoms with Crippen molar-refractivity contribution < 1.29 is 4.79 Å². The first-order valence-corrected chi connectivity index (χ1v) is 14.4. The number of nitrogens with zero attached hydrogens (tertiary/aromatic N) is 3. The largest absolute Gasteiger partial charge is 0.352 e. The smallest absolute Gasteiger partial charge is 0.319 e. The number of halogens is 1. The maximum atomic E-state index is 12.7. The normalized spacial score (nSPS) is 15.1. The van der Waals surface area contributed by atoms with Crippen LogP contribution >= 0.6 is 11.6 Å². The molecule has 39 heavy (non-hydrogen) atoms. The molecule has 0 radical (unpaired) electrons. The van der Waals surface area contributed by atoms with Crippen LogP contribution in [0, 0.1) is 11.3 Å². The Hall–Kier alpha value is -3.69. The Kier molecular flexibility index (Phi) is 8.58. The number of carbonyl (C=O) groups excluding carboxylic acids is 1. The molecule has 2 aliphatic rings. The molecule has 0 atom stereocenters. The molecule has 6 nitrogen and oxygen atoms in total. The Morgan fingerprint density at radius 2 is 1.79 bits per heavy atom. The number of unbranched alkanes of at least 4 members (excludes halogenated alkanes) is 1. The first kappa shape index (κ1) is 26.9. The van der Waals surface area contributed by atoms with Gasteiger partial charge in [0.15, 0.2) is 0 Å². The van der Waals surface area contributed by atoms with Crippen molar-refractivity contribution in [2.24, 2.45) is 0 Å². The fraction of sp³-hybridized carbons (Fsp3) is 0.375. The third-order valence-electron chi connectivity index (χ3n) is 7.72. The lowest BCUT2D eigenvalue weighted by Gasteiger charge is -2.23. The number of carbonyl (C=O) groups is 1. The van der Waals surface area contributed by atoms with E-state index in [0.717, 1.165) is 67.9 Å². The molecule has 7 heteroatoms. The summed E-state index contributed by atoms with van der Waals surface area (Å²) in [6.45, 7) is 4.77. The number of fused-ring (bicyclic) bond motifs is 1. The quantitative estimate of drug-likeness (QED) is 0.304. The molecule has 0 aromatic heterocycles. The number of anilines is 3. The summed E-state index contributed by atoms with van der Waals surface area (Å²) >= 11 is 6.21. The SMILES string of the molecule is CCCCN1CN(Cc2ccc(-c3cc(Cl)ccc3C#N)cc2)c2cc(NC(=O)NC3CCCCC3)ccc21. The van der Waals surface area contributed by atoms with Crippen LogP contribution in [0.1, 0.15) is 63.0 Å². The van der Waals surface area contributed by atoms with Gasteiger partial charge in [-0.2, -0.15) is 5.26 Å². The Morgan fingerprint density at radius 1 is 1.00 bits per heavy atom. The highest BCUT2D eigenvalue weighted by Crippen LogP contribution is 2.39. The maximum absolute atomic E-state index is 12.7. The van der Waals surface area contributed by atoms with E-state index >= 15 is 0 Å². The molecule has 1 fully saturated rings. The van der Waals surface area contributed by atoms with Gasteiger partial charge in [0, 0.05) is 35.4 Å². The van der Waals surface area contributed by atoms with Crippen molar-refractivity contribution in [3.63, 3.8) is 0 Å². The number of hydrogen-bond acceptors (Lipinski definition) is 4. The van der Waals surface area contributed by atoms with Gasteiger partial charge in [-0.05, 0) is 66.8 Å². The van der Waals surface area contributed by atoms with E-state index in [1.54, 1.807) is 12.1 Å². The average Bonchev–Trinajstić information content (AvgIpc) is 3.29. The summed E-state index contributed by atoms with van der Waals surface area (Å²) in [4.78, 5) is 17.5. The molecular weight excluding hydrogens is 506 g/mol. The summed E-state index contributed by atoms with van der Waals surface area (Å²) in [7, 11) is 0. The van der Waals surface area contributed by atoms with Crippen LogP contribution in [0.15, 0.2) is 60.7 Å². The first-order valence-electron chi connectivity index (χ1n) is 14.0. The van der Waals surface area contributed by atoms with Gasteiger partial charge in [0.1, 0.15) is 0 Å². The van der Waals surface area contributed by atoms with E-state index in [1.165, 1.54) is 30.5 Å². The van der Waals surface area contributed by atoms with Crippen molar-refractivity contribution in [3.8, 4) is 17.2 Å². The van der Waals surface area contributed by atoms with Crippen LogP contribution in [-0.4, -0.2) is 25.3 Å². The molecule has 1 heterocycles. The van der Waals surface area contributed by atoms with Crippen molar-refractivity contribution in [1.29, 1.82) is 5.26 Å². The van der Waals surface area contributed by atoms with Gasteiger partial charge in [-0.25, -0.2) is 4.79 Å². The second-order valence-corrected chi connectivity index (χ2v) is 11.0. The highest BCUT2D eigenvalue weighted by atomic mass is 35.5. The van der Waals surface area contributed by atoms with E-state index in [-0.39, 0.29) is 12.1 Å².